The van der Waals surface area contributed by atoms with Gasteiger partial charge < -0.3 is 66.0 Å². The maximum atomic E-state index is 13.5. The number of nitrogens with one attached hydrogen (secondary N) is 3. The van der Waals surface area contributed by atoms with Crippen LogP contribution in [0, 0.1) is 46.3 Å². The van der Waals surface area contributed by atoms with E-state index in [9.17, 15) is 35.4 Å². The second-order valence-electron chi connectivity index (χ2n) is 22.3. The summed E-state index contributed by atoms with van der Waals surface area (Å²) in [5.74, 6) is 0.232. The molecule has 2 saturated heterocycles. The van der Waals surface area contributed by atoms with Gasteiger partial charge in [-0.15, -0.1) is 0 Å². The lowest BCUT2D eigenvalue weighted by molar-refractivity contribution is -0.160. The highest BCUT2D eigenvalue weighted by atomic mass is 16.5. The number of methoxy groups -OCH3 is 1. The normalized spacial score (nSPS) is 37.2. The maximum Gasteiger partial charge on any atom is 0.311 e. The number of benzene rings is 2. The first-order valence-corrected chi connectivity index (χ1v) is 26.2. The number of fused-ring (bicyclic) bond motifs is 2. The minimum absolute atomic E-state index is 0.0345. The second-order valence-corrected chi connectivity index (χ2v) is 22.3. The largest absolute Gasteiger partial charge is 0.504 e. The number of phenolic OH excluding ortho intramolecular Hbond substituents is 2. The third kappa shape index (κ3) is 8.63. The molecule has 2 aromatic rings. The van der Waals surface area contributed by atoms with Gasteiger partial charge in [-0.25, -0.2) is 0 Å². The van der Waals surface area contributed by atoms with Crippen LogP contribution in [0.15, 0.2) is 66.0 Å². The molecular formula is C55H76N4O11. The second kappa shape index (κ2) is 19.8. The summed E-state index contributed by atoms with van der Waals surface area (Å²) >= 11 is 0. The predicted molar refractivity (Wildman–Crippen MR) is 262 cm³/mol. The number of carbonyl (C=O) groups is 1. The van der Waals surface area contributed by atoms with Crippen molar-refractivity contribution in [2.45, 2.75) is 145 Å². The molecule has 3 aliphatic heterocycles. The Morgan fingerprint density at radius 1 is 0.957 bits per heavy atom. The number of aromatic hydroxyl groups is 2. The monoisotopic (exact) mass is 969 g/mol. The molecule has 70 heavy (non-hydrogen) atoms. The number of dihydropyridines is 1. The van der Waals surface area contributed by atoms with E-state index in [1.807, 2.05) is 24.3 Å². The van der Waals surface area contributed by atoms with Gasteiger partial charge in [-0.3, -0.25) is 10.1 Å². The molecule has 0 aromatic heterocycles. The molecule has 0 amide bonds. The van der Waals surface area contributed by atoms with E-state index >= 15 is 0 Å². The summed E-state index contributed by atoms with van der Waals surface area (Å²) < 4.78 is 25.5. The molecule has 4 saturated carbocycles. The van der Waals surface area contributed by atoms with Gasteiger partial charge in [0.2, 0.25) is 5.75 Å². The third-order valence-electron chi connectivity index (χ3n) is 18.8. The summed E-state index contributed by atoms with van der Waals surface area (Å²) in [6.45, 7) is 2.76. The summed E-state index contributed by atoms with van der Waals surface area (Å²) in [6, 6.07) is 8.39. The Balaban J connectivity index is 0.868. The van der Waals surface area contributed by atoms with Crippen LogP contribution in [0.25, 0.3) is 0 Å². The van der Waals surface area contributed by atoms with Crippen LogP contribution in [0.2, 0.25) is 0 Å². The van der Waals surface area contributed by atoms with Crippen LogP contribution in [-0.2, 0) is 16.0 Å². The predicted octanol–water partition coefficient (Wildman–Crippen LogP) is 6.08. The fourth-order valence-electron chi connectivity index (χ4n) is 15.8. The van der Waals surface area contributed by atoms with Crippen molar-refractivity contribution < 1.29 is 54.4 Å². The molecule has 11 N–H and O–H groups in total. The molecule has 2 bridgehead atoms. The van der Waals surface area contributed by atoms with E-state index in [2.05, 4.69) is 35.0 Å². The Morgan fingerprint density at radius 2 is 1.71 bits per heavy atom. The van der Waals surface area contributed by atoms with Gasteiger partial charge in [0.05, 0.1) is 43.3 Å². The van der Waals surface area contributed by atoms with Crippen molar-refractivity contribution in [3.8, 4) is 28.7 Å². The molecule has 15 nitrogen and oxygen atoms in total. The van der Waals surface area contributed by atoms with Crippen LogP contribution >= 0.6 is 0 Å². The Hall–Kier alpha value is -4.51. The van der Waals surface area contributed by atoms with Gasteiger partial charge in [0.15, 0.2) is 23.0 Å². The lowest BCUT2D eigenvalue weighted by atomic mass is 9.46. The molecule has 12 atom stereocenters. The van der Waals surface area contributed by atoms with Gasteiger partial charge in [-0.1, -0.05) is 37.1 Å². The van der Waals surface area contributed by atoms with E-state index in [1.54, 1.807) is 18.2 Å². The highest BCUT2D eigenvalue weighted by Crippen LogP contribution is 2.68. The number of hydrogen-bond acceptors (Lipinski definition) is 14. The average molecular weight is 969 g/mol. The zero-order chi connectivity index (χ0) is 49.0. The molecule has 5 aliphatic carbocycles. The molecule has 6 fully saturated rings. The summed E-state index contributed by atoms with van der Waals surface area (Å²) in [7, 11) is 1.47. The fourth-order valence-corrected chi connectivity index (χ4v) is 15.8. The number of hydrogen-bond donors (Lipinski definition) is 10. The Bertz CT molecular complexity index is 2320. The zero-order valence-electron chi connectivity index (χ0n) is 40.9. The number of rotatable bonds is 16. The van der Waals surface area contributed by atoms with Crippen molar-refractivity contribution in [1.29, 1.82) is 0 Å². The van der Waals surface area contributed by atoms with E-state index in [4.69, 9.17) is 24.7 Å². The Kier molecular flexibility index (Phi) is 13.9. The minimum Gasteiger partial charge on any atom is -0.504 e. The minimum atomic E-state index is -0.877. The number of piperidine rings is 1. The van der Waals surface area contributed by atoms with Crippen LogP contribution in [0.5, 0.6) is 28.7 Å². The van der Waals surface area contributed by atoms with E-state index in [0.29, 0.717) is 60.7 Å². The number of carboxylic acid groups (broad SMARTS) is 1. The first-order chi connectivity index (χ1) is 33.8. The number of ether oxygens (including phenoxy) is 4. The summed E-state index contributed by atoms with van der Waals surface area (Å²) in [5, 5.41) is 77.6. The van der Waals surface area contributed by atoms with E-state index in [0.717, 1.165) is 68.9 Å². The van der Waals surface area contributed by atoms with Crippen LogP contribution in [0.4, 0.5) is 0 Å². The molecule has 2 spiro atoms. The van der Waals surface area contributed by atoms with Crippen LogP contribution in [0.3, 0.4) is 0 Å². The van der Waals surface area contributed by atoms with Gasteiger partial charge in [0, 0.05) is 48.0 Å². The van der Waals surface area contributed by atoms with Crippen LogP contribution in [0.1, 0.15) is 114 Å². The Morgan fingerprint density at radius 3 is 2.43 bits per heavy atom. The number of carboxylic acids is 1. The molecule has 2 aromatic carbocycles. The van der Waals surface area contributed by atoms with Crippen molar-refractivity contribution in [1.82, 2.24) is 16.0 Å². The number of aliphatic hydroxyl groups is 3. The fraction of sp³-hybridized carbons (Fsp3) is 0.655. The van der Waals surface area contributed by atoms with Gasteiger partial charge >= 0.3 is 5.97 Å². The Labute approximate surface area is 411 Å². The first kappa shape index (κ1) is 49.1. The number of aryl methyl sites for hydroxylation is 1. The lowest BCUT2D eigenvalue weighted by Crippen LogP contribution is -2.69. The molecule has 15 heteroatoms. The van der Waals surface area contributed by atoms with Gasteiger partial charge in [-0.05, 0) is 161 Å². The first-order valence-electron chi connectivity index (χ1n) is 26.2. The zero-order valence-corrected chi connectivity index (χ0v) is 40.9. The van der Waals surface area contributed by atoms with Crippen molar-refractivity contribution in [3.05, 3.63) is 77.2 Å². The van der Waals surface area contributed by atoms with Crippen molar-refractivity contribution >= 4 is 5.97 Å². The summed E-state index contributed by atoms with van der Waals surface area (Å²) in [5.41, 5.74) is 7.39. The summed E-state index contributed by atoms with van der Waals surface area (Å²) in [6.07, 6.45) is 18.6. The highest BCUT2D eigenvalue weighted by Gasteiger charge is 2.69. The number of aliphatic hydroxyl groups excluding tert-OH is 3. The van der Waals surface area contributed by atoms with Crippen molar-refractivity contribution in [2.75, 3.05) is 33.6 Å². The van der Waals surface area contributed by atoms with Crippen molar-refractivity contribution in [3.63, 3.8) is 0 Å². The quantitative estimate of drug-likeness (QED) is 0.0678. The molecule has 12 unspecified atom stereocenters. The standard InChI is InChI=1S/C55H76N4O11/c1-31-28-53(17-3-4-18-53)55(39(10-11-40(55)52(65)66)35-15-21-57-47(56)26-35)46(59-31)29-68-45-25-36(24-44(67-2)49(45)63)50-38(16-22-60)42(62)27-37(70-50)9-5-32-6-12-41(61)43(23-32)69-30-58-54-19-13-33-7-8-34(14-20-54)48(33)51(54)64/h6,10-12,15,23-26,31,33-34,37-40,42,46,48,50-51,57-64H,3-5,7-9,13-14,16-22,27-30,56H2,1-2H3,(H,65,66). The lowest BCUT2D eigenvalue weighted by Gasteiger charge is -2.61. The SMILES string of the molecule is COc1cc(C2OC(CCc3ccc(O)c(OCNC45CCC6CCC(CC4)C6C5O)c3)CC(O)C2CCO)cc(OCC2NC(C)CC3(CCCC3)C23C(C(=O)O)C=CC3C2=CCNC(N)=C2)c1O. The maximum absolute atomic E-state index is 13.5. The van der Waals surface area contributed by atoms with Gasteiger partial charge in [0.25, 0.3) is 0 Å². The number of phenols is 2. The number of allylic oxidation sites excluding steroid dienone is 3. The molecule has 3 heterocycles. The molecule has 382 valence electrons. The molecule has 10 rings (SSSR count). The van der Waals surface area contributed by atoms with E-state index < -0.39 is 41.5 Å². The third-order valence-corrected chi connectivity index (χ3v) is 18.8. The molecular weight excluding hydrogens is 893 g/mol. The van der Waals surface area contributed by atoms with Gasteiger partial charge in [-0.2, -0.15) is 0 Å². The number of aliphatic carboxylic acids is 1. The number of nitrogens with two attached hydrogens (primary N) is 1. The average Bonchev–Trinajstić information content (AvgIpc) is 4.11. The van der Waals surface area contributed by atoms with Gasteiger partial charge in [0.1, 0.15) is 13.3 Å². The van der Waals surface area contributed by atoms with Crippen LogP contribution < -0.4 is 35.9 Å². The topological polar surface area (TPSA) is 237 Å². The molecule has 8 aliphatic rings. The van der Waals surface area contributed by atoms with Crippen molar-refractivity contribution in [2.24, 2.45) is 52.1 Å². The highest BCUT2D eigenvalue weighted by molar-refractivity contribution is 5.75. The van der Waals surface area contributed by atoms with Crippen LogP contribution in [-0.4, -0.2) is 106 Å². The molecule has 0 radical (unpaired) electrons. The summed E-state index contributed by atoms with van der Waals surface area (Å²) in [4.78, 5) is 13.5. The van der Waals surface area contributed by atoms with E-state index in [1.165, 1.54) is 20.0 Å². The smallest absolute Gasteiger partial charge is 0.311 e. The van der Waals surface area contributed by atoms with E-state index in [-0.39, 0.29) is 84.5 Å².